The third kappa shape index (κ3) is 3.01. The number of nitrogens with zero attached hydrogens (tertiary/aromatic N) is 1. The van der Waals surface area contributed by atoms with Crippen molar-refractivity contribution in [3.8, 4) is 0 Å². The zero-order valence-corrected chi connectivity index (χ0v) is 9.38. The first-order valence-electron chi connectivity index (χ1n) is 5.28. The van der Waals surface area contributed by atoms with Crippen molar-refractivity contribution in [2.75, 3.05) is 0 Å². The molecule has 0 aliphatic heterocycles. The van der Waals surface area contributed by atoms with Gasteiger partial charge in [0.1, 0.15) is 5.82 Å². The van der Waals surface area contributed by atoms with E-state index < -0.39 is 5.97 Å². The van der Waals surface area contributed by atoms with E-state index in [1.165, 1.54) is 18.2 Å². The predicted octanol–water partition coefficient (Wildman–Crippen LogP) is 3.09. The number of aromatic nitrogens is 1. The Labute approximate surface area is 103 Å². The number of carbonyl (C=O) groups is 1. The monoisotopic (exact) mass is 243 g/mol. The highest BCUT2D eigenvalue weighted by Crippen LogP contribution is 2.09. The number of benzene rings is 1. The number of carboxylic acid groups (broad SMARTS) is 1. The van der Waals surface area contributed by atoms with Gasteiger partial charge in [0.05, 0.1) is 17.5 Å². The second kappa shape index (κ2) is 5.23. The minimum absolute atomic E-state index is 0.243. The van der Waals surface area contributed by atoms with Crippen LogP contribution in [0.1, 0.15) is 21.6 Å². The molecule has 1 aromatic heterocycles. The van der Waals surface area contributed by atoms with Crippen LogP contribution in [0.25, 0.3) is 12.2 Å². The highest BCUT2D eigenvalue weighted by Gasteiger charge is 2.00. The van der Waals surface area contributed by atoms with E-state index >= 15 is 0 Å². The lowest BCUT2D eigenvalue weighted by Crippen LogP contribution is -1.94. The summed E-state index contributed by atoms with van der Waals surface area (Å²) >= 11 is 0. The molecule has 90 valence electrons. The second-order valence-electron chi connectivity index (χ2n) is 3.66. The van der Waals surface area contributed by atoms with Crippen LogP contribution in [0.2, 0.25) is 0 Å². The van der Waals surface area contributed by atoms with Crippen LogP contribution in [0.15, 0.2) is 42.6 Å². The van der Waals surface area contributed by atoms with Gasteiger partial charge >= 0.3 is 5.97 Å². The lowest BCUT2D eigenvalue weighted by atomic mass is 10.1. The summed E-state index contributed by atoms with van der Waals surface area (Å²) in [6, 6.07) is 9.35. The average molecular weight is 243 g/mol. The number of rotatable bonds is 3. The van der Waals surface area contributed by atoms with Gasteiger partial charge in [-0.15, -0.1) is 0 Å². The molecule has 0 amide bonds. The van der Waals surface area contributed by atoms with E-state index in [9.17, 15) is 9.18 Å². The van der Waals surface area contributed by atoms with Crippen LogP contribution in [0.4, 0.5) is 4.39 Å². The maximum absolute atomic E-state index is 12.6. The summed E-state index contributed by atoms with van der Waals surface area (Å²) in [5, 5.41) is 8.75. The van der Waals surface area contributed by atoms with E-state index in [0.717, 1.165) is 11.8 Å². The fourth-order valence-corrected chi connectivity index (χ4v) is 1.40. The molecule has 3 nitrogen and oxygen atoms in total. The highest BCUT2D eigenvalue weighted by molar-refractivity contribution is 5.88. The minimum atomic E-state index is -0.953. The molecule has 0 aliphatic rings. The van der Waals surface area contributed by atoms with Gasteiger partial charge in [0, 0.05) is 0 Å². The van der Waals surface area contributed by atoms with Crippen molar-refractivity contribution >= 4 is 18.1 Å². The molecule has 1 N–H and O–H groups in total. The van der Waals surface area contributed by atoms with Crippen LogP contribution in [0, 0.1) is 5.82 Å². The maximum Gasteiger partial charge on any atom is 0.335 e. The molecular weight excluding hydrogens is 233 g/mol. The molecule has 0 aliphatic carbocycles. The highest BCUT2D eigenvalue weighted by atomic mass is 19.1. The first-order valence-corrected chi connectivity index (χ1v) is 5.28. The molecule has 0 saturated heterocycles. The van der Waals surface area contributed by atoms with E-state index in [1.807, 2.05) is 0 Å². The average Bonchev–Trinajstić information content (AvgIpc) is 2.38. The van der Waals surface area contributed by atoms with Crippen molar-refractivity contribution in [2.24, 2.45) is 0 Å². The standard InChI is InChI=1S/C14H10FNO2/c15-12-6-8-13(16-9-12)7-3-10-1-4-11(5-2-10)14(17)18/h1-9H,(H,17,18)/b7-3+. The Morgan fingerprint density at radius 2 is 1.83 bits per heavy atom. The molecule has 0 bridgehead atoms. The maximum atomic E-state index is 12.6. The first-order chi connectivity index (χ1) is 8.65. The minimum Gasteiger partial charge on any atom is -0.478 e. The number of hydrogen-bond acceptors (Lipinski definition) is 2. The van der Waals surface area contributed by atoms with Gasteiger partial charge < -0.3 is 5.11 Å². The number of aromatic carboxylic acids is 1. The van der Waals surface area contributed by atoms with E-state index in [0.29, 0.717) is 5.69 Å². The number of pyridine rings is 1. The molecule has 0 radical (unpaired) electrons. The van der Waals surface area contributed by atoms with Crippen LogP contribution in [0.5, 0.6) is 0 Å². The van der Waals surface area contributed by atoms with Gasteiger partial charge in [0.15, 0.2) is 0 Å². The van der Waals surface area contributed by atoms with Crippen LogP contribution in [-0.4, -0.2) is 16.1 Å². The molecule has 2 aromatic rings. The van der Waals surface area contributed by atoms with Crippen LogP contribution in [-0.2, 0) is 0 Å². The Hall–Kier alpha value is -2.49. The van der Waals surface area contributed by atoms with Gasteiger partial charge in [-0.2, -0.15) is 0 Å². The van der Waals surface area contributed by atoms with Crippen molar-refractivity contribution in [1.29, 1.82) is 0 Å². The molecule has 2 rings (SSSR count). The second-order valence-corrected chi connectivity index (χ2v) is 3.66. The van der Waals surface area contributed by atoms with E-state index in [1.54, 1.807) is 30.4 Å². The molecule has 0 atom stereocenters. The van der Waals surface area contributed by atoms with Crippen molar-refractivity contribution in [3.63, 3.8) is 0 Å². The molecule has 0 spiro atoms. The zero-order chi connectivity index (χ0) is 13.0. The number of carboxylic acids is 1. The topological polar surface area (TPSA) is 50.2 Å². The van der Waals surface area contributed by atoms with Gasteiger partial charge in [-0.3, -0.25) is 4.98 Å². The quantitative estimate of drug-likeness (QED) is 0.901. The lowest BCUT2D eigenvalue weighted by molar-refractivity contribution is 0.0697. The summed E-state index contributed by atoms with van der Waals surface area (Å²) in [5.74, 6) is -1.33. The molecule has 0 saturated carbocycles. The Bertz CT molecular complexity index is 574. The summed E-state index contributed by atoms with van der Waals surface area (Å²) in [6.07, 6.45) is 4.66. The SMILES string of the molecule is O=C(O)c1ccc(/C=C/c2ccc(F)cn2)cc1. The number of hydrogen-bond donors (Lipinski definition) is 1. The van der Waals surface area contributed by atoms with E-state index in [-0.39, 0.29) is 11.4 Å². The van der Waals surface area contributed by atoms with E-state index in [4.69, 9.17) is 5.11 Å². The first kappa shape index (κ1) is 12.0. The van der Waals surface area contributed by atoms with E-state index in [2.05, 4.69) is 4.98 Å². The molecule has 1 heterocycles. The summed E-state index contributed by atoms with van der Waals surface area (Å²) in [5.41, 5.74) is 1.73. The summed E-state index contributed by atoms with van der Waals surface area (Å²) in [7, 11) is 0. The summed E-state index contributed by atoms with van der Waals surface area (Å²) < 4.78 is 12.6. The van der Waals surface area contributed by atoms with Gasteiger partial charge in [-0.25, -0.2) is 9.18 Å². The molecule has 4 heteroatoms. The van der Waals surface area contributed by atoms with Crippen LogP contribution in [0.3, 0.4) is 0 Å². The fourth-order valence-electron chi connectivity index (χ4n) is 1.40. The number of halogens is 1. The van der Waals surface area contributed by atoms with Crippen LogP contribution >= 0.6 is 0 Å². The van der Waals surface area contributed by atoms with Crippen molar-refractivity contribution in [3.05, 3.63) is 65.2 Å². The predicted molar refractivity (Wildman–Crippen MR) is 66.5 cm³/mol. The normalized spacial score (nSPS) is 10.7. The molecule has 18 heavy (non-hydrogen) atoms. The van der Waals surface area contributed by atoms with Crippen molar-refractivity contribution in [2.45, 2.75) is 0 Å². The van der Waals surface area contributed by atoms with Crippen LogP contribution < -0.4 is 0 Å². The third-order valence-electron chi connectivity index (χ3n) is 2.35. The van der Waals surface area contributed by atoms with Crippen molar-refractivity contribution < 1.29 is 14.3 Å². The third-order valence-corrected chi connectivity index (χ3v) is 2.35. The fraction of sp³-hybridized carbons (Fsp3) is 0. The molecular formula is C14H10FNO2. The Morgan fingerprint density at radius 3 is 2.39 bits per heavy atom. The Morgan fingerprint density at radius 1 is 1.11 bits per heavy atom. The Balaban J connectivity index is 2.13. The molecule has 1 aromatic carbocycles. The molecule has 0 fully saturated rings. The van der Waals surface area contributed by atoms with Gasteiger partial charge in [-0.05, 0) is 35.9 Å². The smallest absolute Gasteiger partial charge is 0.335 e. The zero-order valence-electron chi connectivity index (χ0n) is 9.38. The summed E-state index contributed by atoms with van der Waals surface area (Å²) in [4.78, 5) is 14.5. The van der Waals surface area contributed by atoms with Gasteiger partial charge in [-0.1, -0.05) is 18.2 Å². The largest absolute Gasteiger partial charge is 0.478 e. The van der Waals surface area contributed by atoms with Gasteiger partial charge in [0.2, 0.25) is 0 Å². The lowest BCUT2D eigenvalue weighted by Gasteiger charge is -1.96. The van der Waals surface area contributed by atoms with Gasteiger partial charge in [0.25, 0.3) is 0 Å². The Kier molecular flexibility index (Phi) is 3.48. The molecule has 0 unspecified atom stereocenters. The van der Waals surface area contributed by atoms with Crippen molar-refractivity contribution in [1.82, 2.24) is 4.98 Å². The summed E-state index contributed by atoms with van der Waals surface area (Å²) in [6.45, 7) is 0.